The number of aromatic nitrogens is 3. The Morgan fingerprint density at radius 3 is 2.40 bits per heavy atom. The first kappa shape index (κ1) is 18.9. The van der Waals surface area contributed by atoms with Crippen molar-refractivity contribution in [3.63, 3.8) is 0 Å². The number of methoxy groups -OCH3 is 1. The minimum Gasteiger partial charge on any atom is -0.496 e. The van der Waals surface area contributed by atoms with Crippen molar-refractivity contribution in [2.45, 2.75) is 0 Å². The third-order valence-corrected chi connectivity index (χ3v) is 4.58. The molecule has 4 aromatic rings. The molecule has 0 aliphatic rings. The fourth-order valence-corrected chi connectivity index (χ4v) is 3.18. The van der Waals surface area contributed by atoms with Crippen LogP contribution in [-0.4, -0.2) is 28.2 Å². The molecular weight excluding hydrogens is 378 g/mol. The summed E-state index contributed by atoms with van der Waals surface area (Å²) in [5.41, 5.74) is 3.00. The highest BCUT2D eigenvalue weighted by Gasteiger charge is 2.17. The van der Waals surface area contributed by atoms with E-state index >= 15 is 0 Å². The van der Waals surface area contributed by atoms with Gasteiger partial charge in [-0.3, -0.25) is 15.2 Å². The quantitative estimate of drug-likeness (QED) is 0.525. The van der Waals surface area contributed by atoms with E-state index in [1.165, 1.54) is 0 Å². The number of nitrogens with zero attached hydrogens (tertiary/aromatic N) is 3. The van der Waals surface area contributed by atoms with Crippen LogP contribution in [0.25, 0.3) is 22.5 Å². The summed E-state index contributed by atoms with van der Waals surface area (Å²) in [5.74, 6) is 0.893. The summed E-state index contributed by atoms with van der Waals surface area (Å²) in [6, 6.07) is 23.8. The van der Waals surface area contributed by atoms with E-state index in [2.05, 4.69) is 26.6 Å². The minimum atomic E-state index is -0.371. The van der Waals surface area contributed by atoms with Crippen molar-refractivity contribution in [3.05, 3.63) is 83.9 Å². The summed E-state index contributed by atoms with van der Waals surface area (Å²) in [5, 5.41) is 19.0. The SMILES string of the molecule is COc1ccccc1-c1nc(NC(=O)c2ccccc2-c2ccccc2C#N)n[nH]1. The fourth-order valence-electron chi connectivity index (χ4n) is 3.18. The first-order chi connectivity index (χ1) is 14.7. The molecule has 1 aromatic heterocycles. The van der Waals surface area contributed by atoms with E-state index in [1.807, 2.05) is 48.5 Å². The number of rotatable bonds is 5. The maximum Gasteiger partial charge on any atom is 0.258 e. The zero-order valence-corrected chi connectivity index (χ0v) is 16.1. The van der Waals surface area contributed by atoms with E-state index in [-0.39, 0.29) is 11.9 Å². The summed E-state index contributed by atoms with van der Waals surface area (Å²) in [6.45, 7) is 0. The number of amides is 1. The lowest BCUT2D eigenvalue weighted by atomic mass is 9.95. The number of hydrogen-bond donors (Lipinski definition) is 2. The Hall–Kier alpha value is -4.44. The number of ether oxygens (including phenoxy) is 1. The molecule has 2 N–H and O–H groups in total. The maximum atomic E-state index is 13.0. The smallest absolute Gasteiger partial charge is 0.258 e. The van der Waals surface area contributed by atoms with E-state index in [0.717, 1.165) is 5.56 Å². The molecule has 0 fully saturated rings. The number of nitrogens with one attached hydrogen (secondary N) is 2. The average molecular weight is 395 g/mol. The van der Waals surface area contributed by atoms with Gasteiger partial charge in [-0.05, 0) is 29.8 Å². The molecule has 4 rings (SSSR count). The normalized spacial score (nSPS) is 10.3. The molecule has 30 heavy (non-hydrogen) atoms. The molecule has 0 radical (unpaired) electrons. The number of para-hydroxylation sites is 1. The number of nitriles is 1. The number of carbonyl (C=O) groups is 1. The lowest BCUT2D eigenvalue weighted by molar-refractivity contribution is 0.102. The van der Waals surface area contributed by atoms with E-state index in [4.69, 9.17) is 4.74 Å². The van der Waals surface area contributed by atoms with Crippen LogP contribution in [0, 0.1) is 11.3 Å². The summed E-state index contributed by atoms with van der Waals surface area (Å²) < 4.78 is 5.34. The zero-order chi connectivity index (χ0) is 20.9. The number of hydrogen-bond acceptors (Lipinski definition) is 5. The first-order valence-corrected chi connectivity index (χ1v) is 9.17. The predicted molar refractivity (Wildman–Crippen MR) is 113 cm³/mol. The predicted octanol–water partition coefficient (Wildman–Crippen LogP) is 4.27. The van der Waals surface area contributed by atoms with Gasteiger partial charge in [0.05, 0.1) is 24.3 Å². The second-order valence-corrected chi connectivity index (χ2v) is 6.37. The number of H-pyrrole nitrogens is 1. The van der Waals surface area contributed by atoms with E-state index in [0.29, 0.717) is 33.8 Å². The first-order valence-electron chi connectivity index (χ1n) is 9.17. The Balaban J connectivity index is 1.64. The van der Waals surface area contributed by atoms with Gasteiger partial charge in [0.1, 0.15) is 5.75 Å². The molecule has 0 saturated carbocycles. The molecule has 0 bridgehead atoms. The van der Waals surface area contributed by atoms with Crippen molar-refractivity contribution in [3.8, 4) is 34.3 Å². The Labute approximate surface area is 173 Å². The lowest BCUT2D eigenvalue weighted by Crippen LogP contribution is -2.14. The monoisotopic (exact) mass is 395 g/mol. The highest BCUT2D eigenvalue weighted by atomic mass is 16.5. The molecule has 146 valence electrons. The van der Waals surface area contributed by atoms with Gasteiger partial charge in [0.15, 0.2) is 5.82 Å². The van der Waals surface area contributed by atoms with Crippen LogP contribution >= 0.6 is 0 Å². The largest absolute Gasteiger partial charge is 0.496 e. The number of benzene rings is 3. The molecule has 3 aromatic carbocycles. The fraction of sp³-hybridized carbons (Fsp3) is 0.0435. The molecule has 0 saturated heterocycles. The van der Waals surface area contributed by atoms with Crippen LogP contribution < -0.4 is 10.1 Å². The molecule has 1 amide bonds. The van der Waals surface area contributed by atoms with Crippen LogP contribution in [0.2, 0.25) is 0 Å². The average Bonchev–Trinajstić information content (AvgIpc) is 3.27. The maximum absolute atomic E-state index is 13.0. The van der Waals surface area contributed by atoms with Crippen molar-refractivity contribution in [1.29, 1.82) is 5.26 Å². The second kappa shape index (κ2) is 8.29. The Bertz CT molecular complexity index is 1260. The van der Waals surface area contributed by atoms with E-state index in [9.17, 15) is 10.1 Å². The lowest BCUT2D eigenvalue weighted by Gasteiger charge is -2.10. The molecule has 0 aliphatic heterocycles. The van der Waals surface area contributed by atoms with Crippen LogP contribution in [0.5, 0.6) is 5.75 Å². The topological polar surface area (TPSA) is 104 Å². The van der Waals surface area contributed by atoms with Gasteiger partial charge in [-0.15, -0.1) is 5.10 Å². The number of anilines is 1. The molecule has 7 heteroatoms. The number of carbonyl (C=O) groups excluding carboxylic acids is 1. The second-order valence-electron chi connectivity index (χ2n) is 6.37. The molecule has 0 atom stereocenters. The third-order valence-electron chi connectivity index (χ3n) is 4.58. The standard InChI is InChI=1S/C23H17N5O2/c1-30-20-13-7-6-12-19(20)21-25-23(28-27-21)26-22(29)18-11-5-4-10-17(18)16-9-3-2-8-15(16)14-24/h2-13H,1H3,(H2,25,26,27,28,29). The summed E-state index contributed by atoms with van der Waals surface area (Å²) in [7, 11) is 1.58. The van der Waals surface area contributed by atoms with Crippen LogP contribution in [0.1, 0.15) is 15.9 Å². The third kappa shape index (κ3) is 3.62. The van der Waals surface area contributed by atoms with Crippen LogP contribution in [0.15, 0.2) is 72.8 Å². The van der Waals surface area contributed by atoms with Gasteiger partial charge in [0.25, 0.3) is 5.91 Å². The Kier molecular flexibility index (Phi) is 5.22. The van der Waals surface area contributed by atoms with Gasteiger partial charge >= 0.3 is 0 Å². The molecule has 0 aliphatic carbocycles. The highest BCUT2D eigenvalue weighted by Crippen LogP contribution is 2.29. The van der Waals surface area contributed by atoms with Crippen LogP contribution in [-0.2, 0) is 0 Å². The number of aromatic amines is 1. The van der Waals surface area contributed by atoms with Crippen molar-refractivity contribution in [2.24, 2.45) is 0 Å². The Morgan fingerprint density at radius 2 is 1.63 bits per heavy atom. The molecule has 0 unspecified atom stereocenters. The van der Waals surface area contributed by atoms with Crippen molar-refractivity contribution in [2.75, 3.05) is 12.4 Å². The van der Waals surface area contributed by atoms with Crippen molar-refractivity contribution < 1.29 is 9.53 Å². The van der Waals surface area contributed by atoms with Gasteiger partial charge in [0.2, 0.25) is 5.95 Å². The van der Waals surface area contributed by atoms with Gasteiger partial charge < -0.3 is 4.74 Å². The Morgan fingerprint density at radius 1 is 0.967 bits per heavy atom. The summed E-state index contributed by atoms with van der Waals surface area (Å²) in [4.78, 5) is 17.3. The summed E-state index contributed by atoms with van der Waals surface area (Å²) >= 11 is 0. The van der Waals surface area contributed by atoms with Gasteiger partial charge in [0, 0.05) is 11.1 Å². The molecule has 7 nitrogen and oxygen atoms in total. The zero-order valence-electron chi connectivity index (χ0n) is 16.1. The van der Waals surface area contributed by atoms with Gasteiger partial charge in [-0.2, -0.15) is 10.2 Å². The van der Waals surface area contributed by atoms with E-state index in [1.54, 1.807) is 31.4 Å². The molecule has 1 heterocycles. The van der Waals surface area contributed by atoms with E-state index < -0.39 is 0 Å². The van der Waals surface area contributed by atoms with Gasteiger partial charge in [-0.1, -0.05) is 48.5 Å². The van der Waals surface area contributed by atoms with Gasteiger partial charge in [-0.25, -0.2) is 0 Å². The molecular formula is C23H17N5O2. The van der Waals surface area contributed by atoms with Crippen molar-refractivity contribution >= 4 is 11.9 Å². The summed E-state index contributed by atoms with van der Waals surface area (Å²) in [6.07, 6.45) is 0. The highest BCUT2D eigenvalue weighted by molar-refractivity contribution is 6.08. The van der Waals surface area contributed by atoms with Crippen LogP contribution in [0.4, 0.5) is 5.95 Å². The van der Waals surface area contributed by atoms with Crippen molar-refractivity contribution in [1.82, 2.24) is 15.2 Å². The minimum absolute atomic E-state index is 0.143. The van der Waals surface area contributed by atoms with Crippen LogP contribution in [0.3, 0.4) is 0 Å². The molecule has 0 spiro atoms.